The van der Waals surface area contributed by atoms with Crippen LogP contribution in [-0.2, 0) is 0 Å². The van der Waals surface area contributed by atoms with Crippen molar-refractivity contribution in [1.29, 1.82) is 0 Å². The number of ether oxygens (including phenoxy) is 3. The molecule has 1 aromatic heterocycles. The van der Waals surface area contributed by atoms with Crippen molar-refractivity contribution in [3.05, 3.63) is 53.5 Å². The zero-order chi connectivity index (χ0) is 25.1. The Morgan fingerprint density at radius 1 is 1.06 bits per heavy atom. The summed E-state index contributed by atoms with van der Waals surface area (Å²) in [5.74, 6) is 2.35. The van der Waals surface area contributed by atoms with Gasteiger partial charge >= 0.3 is 0 Å². The fourth-order valence-electron chi connectivity index (χ4n) is 4.11. The Labute approximate surface area is 209 Å². The molecule has 184 valence electrons. The third-order valence-corrected chi connectivity index (χ3v) is 6.22. The van der Waals surface area contributed by atoms with Crippen LogP contribution in [0.5, 0.6) is 23.0 Å². The molecular formula is C25H28N4O5S. The van der Waals surface area contributed by atoms with Gasteiger partial charge in [0, 0.05) is 17.8 Å². The number of hydrogen-bond donors (Lipinski definition) is 2. The topological polar surface area (TPSA) is 102 Å². The maximum atomic E-state index is 10.4. The van der Waals surface area contributed by atoms with Crippen LogP contribution in [0.15, 0.2) is 46.6 Å². The maximum Gasteiger partial charge on any atom is 0.258 e. The van der Waals surface area contributed by atoms with Gasteiger partial charge in [0.1, 0.15) is 0 Å². The van der Waals surface area contributed by atoms with E-state index in [0.29, 0.717) is 34.1 Å². The van der Waals surface area contributed by atoms with Crippen LogP contribution in [0, 0.1) is 0 Å². The lowest BCUT2D eigenvalue weighted by atomic mass is 9.94. The second-order valence-electron chi connectivity index (χ2n) is 7.96. The van der Waals surface area contributed by atoms with E-state index in [-0.39, 0.29) is 5.75 Å². The SMILES string of the molecule is CCCN1C(=S)NC(c2ccc(OC)c(O)c2)C(c2nc(-c3ccc(OC)c(OC)c3)no2)=C1C. The smallest absolute Gasteiger partial charge is 0.258 e. The highest BCUT2D eigenvalue weighted by Gasteiger charge is 2.34. The van der Waals surface area contributed by atoms with Gasteiger partial charge < -0.3 is 34.1 Å². The van der Waals surface area contributed by atoms with Crippen molar-refractivity contribution >= 4 is 22.9 Å². The molecule has 3 aromatic rings. The summed E-state index contributed by atoms with van der Waals surface area (Å²) in [6, 6.07) is 10.2. The molecule has 35 heavy (non-hydrogen) atoms. The highest BCUT2D eigenvalue weighted by atomic mass is 32.1. The molecule has 9 nitrogen and oxygen atoms in total. The van der Waals surface area contributed by atoms with Gasteiger partial charge in [0.15, 0.2) is 28.1 Å². The molecule has 0 saturated heterocycles. The quantitative estimate of drug-likeness (QED) is 0.432. The third-order valence-electron chi connectivity index (χ3n) is 5.88. The van der Waals surface area contributed by atoms with Crippen molar-refractivity contribution < 1.29 is 23.8 Å². The predicted molar refractivity (Wildman–Crippen MR) is 136 cm³/mol. The number of aromatic hydroxyl groups is 1. The first kappa shape index (κ1) is 24.3. The van der Waals surface area contributed by atoms with Crippen LogP contribution in [0.3, 0.4) is 0 Å². The van der Waals surface area contributed by atoms with Gasteiger partial charge in [-0.2, -0.15) is 4.98 Å². The molecule has 0 aliphatic carbocycles. The molecule has 0 fully saturated rings. The molecule has 0 radical (unpaired) electrons. The zero-order valence-corrected chi connectivity index (χ0v) is 21.1. The van der Waals surface area contributed by atoms with Crippen molar-refractivity contribution in [2.45, 2.75) is 26.3 Å². The number of rotatable bonds is 8. The minimum Gasteiger partial charge on any atom is -0.504 e. The normalized spacial score (nSPS) is 15.7. The number of hydrogen-bond acceptors (Lipinski definition) is 8. The van der Waals surface area contributed by atoms with Crippen molar-refractivity contribution in [1.82, 2.24) is 20.4 Å². The number of phenols is 1. The van der Waals surface area contributed by atoms with E-state index >= 15 is 0 Å². The van der Waals surface area contributed by atoms with E-state index in [0.717, 1.165) is 35.4 Å². The molecule has 1 atom stereocenters. The number of nitrogens with zero attached hydrogens (tertiary/aromatic N) is 3. The summed E-state index contributed by atoms with van der Waals surface area (Å²) in [5.41, 5.74) is 3.18. The molecule has 10 heteroatoms. The highest BCUT2D eigenvalue weighted by Crippen LogP contribution is 2.40. The second-order valence-corrected chi connectivity index (χ2v) is 8.34. The van der Waals surface area contributed by atoms with Gasteiger partial charge in [-0.25, -0.2) is 0 Å². The average molecular weight is 497 g/mol. The van der Waals surface area contributed by atoms with E-state index in [1.165, 1.54) is 7.11 Å². The summed E-state index contributed by atoms with van der Waals surface area (Å²) in [6.45, 7) is 4.80. The first-order chi connectivity index (χ1) is 16.9. The zero-order valence-electron chi connectivity index (χ0n) is 20.3. The lowest BCUT2D eigenvalue weighted by Crippen LogP contribution is -2.46. The molecule has 2 aromatic carbocycles. The first-order valence-electron chi connectivity index (χ1n) is 11.1. The van der Waals surface area contributed by atoms with Gasteiger partial charge in [0.25, 0.3) is 5.89 Å². The van der Waals surface area contributed by atoms with Crippen LogP contribution < -0.4 is 19.5 Å². The second kappa shape index (κ2) is 10.2. The Kier molecular flexibility index (Phi) is 7.11. The fraction of sp³-hybridized carbons (Fsp3) is 0.320. The van der Waals surface area contributed by atoms with Gasteiger partial charge in [-0.15, -0.1) is 0 Å². The van der Waals surface area contributed by atoms with Crippen LogP contribution in [0.1, 0.15) is 37.8 Å². The van der Waals surface area contributed by atoms with Crippen molar-refractivity contribution in [3.63, 3.8) is 0 Å². The molecule has 0 saturated carbocycles. The van der Waals surface area contributed by atoms with Gasteiger partial charge in [0.2, 0.25) is 5.82 Å². The van der Waals surface area contributed by atoms with Gasteiger partial charge in [-0.1, -0.05) is 18.1 Å². The lowest BCUT2D eigenvalue weighted by Gasteiger charge is -2.37. The Balaban J connectivity index is 1.80. The van der Waals surface area contributed by atoms with Crippen LogP contribution >= 0.6 is 12.2 Å². The van der Waals surface area contributed by atoms with Crippen molar-refractivity contribution in [3.8, 4) is 34.4 Å². The van der Waals surface area contributed by atoms with Crippen molar-refractivity contribution in [2.75, 3.05) is 27.9 Å². The van der Waals surface area contributed by atoms with Crippen molar-refractivity contribution in [2.24, 2.45) is 0 Å². The van der Waals surface area contributed by atoms with E-state index < -0.39 is 6.04 Å². The standard InChI is InChI=1S/C25H28N4O5S/c1-6-11-29-14(2)21(22(26-25(29)35)15-7-9-18(31-3)17(30)12-15)24-27-23(28-34-24)16-8-10-19(32-4)20(13-16)33-5/h7-10,12-13,22,30H,6,11H2,1-5H3,(H,26,35). The summed E-state index contributed by atoms with van der Waals surface area (Å²) >= 11 is 5.67. The minimum absolute atomic E-state index is 0.0299. The Hall–Kier alpha value is -3.79. The first-order valence-corrected chi connectivity index (χ1v) is 11.5. The van der Waals surface area contributed by atoms with Gasteiger partial charge in [0.05, 0.1) is 32.9 Å². The van der Waals surface area contributed by atoms with Crippen LogP contribution in [0.2, 0.25) is 0 Å². The number of allylic oxidation sites excluding steroid dienone is 1. The number of methoxy groups -OCH3 is 3. The lowest BCUT2D eigenvalue weighted by molar-refractivity contribution is 0.355. The maximum absolute atomic E-state index is 10.4. The van der Waals surface area contributed by atoms with Gasteiger partial charge in [-0.3, -0.25) is 0 Å². The molecule has 1 unspecified atom stereocenters. The fourth-order valence-corrected chi connectivity index (χ4v) is 4.46. The van der Waals surface area contributed by atoms with E-state index in [1.54, 1.807) is 38.5 Å². The molecule has 4 rings (SSSR count). The largest absolute Gasteiger partial charge is 0.504 e. The molecule has 2 N–H and O–H groups in total. The molecule has 1 aliphatic rings. The van der Waals surface area contributed by atoms with E-state index in [1.807, 2.05) is 24.0 Å². The molecule has 0 bridgehead atoms. The highest BCUT2D eigenvalue weighted by molar-refractivity contribution is 7.80. The monoisotopic (exact) mass is 496 g/mol. The molecule has 2 heterocycles. The molecule has 0 spiro atoms. The number of thiocarbonyl (C=S) groups is 1. The molecule has 1 aliphatic heterocycles. The summed E-state index contributed by atoms with van der Waals surface area (Å²) in [7, 11) is 4.67. The van der Waals surface area contributed by atoms with Crippen LogP contribution in [0.4, 0.5) is 0 Å². The summed E-state index contributed by atoms with van der Waals surface area (Å²) in [6.07, 6.45) is 0.904. The number of benzene rings is 2. The summed E-state index contributed by atoms with van der Waals surface area (Å²) in [4.78, 5) is 6.73. The number of phenolic OH excluding ortho intramolecular Hbond substituents is 1. The van der Waals surface area contributed by atoms with E-state index in [4.69, 9.17) is 35.9 Å². The Morgan fingerprint density at radius 2 is 1.77 bits per heavy atom. The van der Waals surface area contributed by atoms with Gasteiger partial charge in [-0.05, 0) is 61.5 Å². The third kappa shape index (κ3) is 4.61. The number of aromatic nitrogens is 2. The molecule has 0 amide bonds. The Bertz CT molecular complexity index is 1270. The minimum atomic E-state index is -0.411. The van der Waals surface area contributed by atoms with Crippen LogP contribution in [0.25, 0.3) is 17.0 Å². The summed E-state index contributed by atoms with van der Waals surface area (Å²) < 4.78 is 21.7. The van der Waals surface area contributed by atoms with E-state index in [9.17, 15) is 5.11 Å². The van der Waals surface area contributed by atoms with Crippen LogP contribution in [-0.4, -0.2) is 53.1 Å². The average Bonchev–Trinajstić information content (AvgIpc) is 3.35. The number of nitrogens with one attached hydrogen (secondary N) is 1. The Morgan fingerprint density at radius 3 is 2.43 bits per heavy atom. The summed E-state index contributed by atoms with van der Waals surface area (Å²) in [5, 5.41) is 18.6. The predicted octanol–water partition coefficient (Wildman–Crippen LogP) is 4.54. The molecular weight excluding hydrogens is 468 g/mol. The van der Waals surface area contributed by atoms with E-state index in [2.05, 4.69) is 17.4 Å².